The molecule has 0 radical (unpaired) electrons. The molecule has 0 bridgehead atoms. The number of thiophene rings is 1. The summed E-state index contributed by atoms with van der Waals surface area (Å²) in [6.07, 6.45) is 6.72. The van der Waals surface area contributed by atoms with E-state index in [-0.39, 0.29) is 11.6 Å². The van der Waals surface area contributed by atoms with Crippen LogP contribution in [0.1, 0.15) is 47.9 Å². The van der Waals surface area contributed by atoms with E-state index in [0.717, 1.165) is 55.4 Å². The number of aryl methyl sites for hydroxylation is 1. The lowest BCUT2D eigenvalue weighted by Gasteiger charge is -2.33. The van der Waals surface area contributed by atoms with Gasteiger partial charge < -0.3 is 0 Å². The van der Waals surface area contributed by atoms with E-state index in [1.165, 1.54) is 27.1 Å². The molecule has 0 aliphatic heterocycles. The van der Waals surface area contributed by atoms with Gasteiger partial charge in [0.15, 0.2) is 0 Å². The molecule has 0 spiro atoms. The number of hydrogen-bond acceptors (Lipinski definition) is 4. The van der Waals surface area contributed by atoms with Gasteiger partial charge in [0.05, 0.1) is 11.7 Å². The van der Waals surface area contributed by atoms with E-state index in [1.54, 1.807) is 17.7 Å². The van der Waals surface area contributed by atoms with Gasteiger partial charge in [0, 0.05) is 23.5 Å². The minimum Gasteiger partial charge on any atom is -0.296 e. The van der Waals surface area contributed by atoms with Gasteiger partial charge in [0.1, 0.15) is 4.83 Å². The molecule has 2 aliphatic carbocycles. The Bertz CT molecular complexity index is 1150. The molecule has 1 aromatic carbocycles. The number of hydrogen-bond donors (Lipinski definition) is 0. The molecule has 2 aromatic heterocycles. The number of likely N-dealkylation sites (N-methyl/N-ethyl adjacent to an activating group) is 1. The highest BCUT2D eigenvalue weighted by Gasteiger charge is 2.30. The van der Waals surface area contributed by atoms with Crippen LogP contribution in [0.2, 0.25) is 0 Å². The first kappa shape index (κ1) is 19.7. The molecule has 1 atom stereocenters. The van der Waals surface area contributed by atoms with E-state index in [2.05, 4.69) is 49.6 Å². The largest absolute Gasteiger partial charge is 0.296 e. The quantitative estimate of drug-likeness (QED) is 0.569. The minimum atomic E-state index is 0.156. The Morgan fingerprint density at radius 2 is 2.00 bits per heavy atom. The van der Waals surface area contributed by atoms with Crippen molar-refractivity contribution in [3.8, 4) is 0 Å². The van der Waals surface area contributed by atoms with E-state index >= 15 is 0 Å². The van der Waals surface area contributed by atoms with Crippen molar-refractivity contribution in [1.82, 2.24) is 14.5 Å². The lowest BCUT2D eigenvalue weighted by molar-refractivity contribution is 0.206. The fourth-order valence-corrected chi connectivity index (χ4v) is 6.56. The first-order valence-electron chi connectivity index (χ1n) is 11.0. The Morgan fingerprint density at radius 3 is 2.67 bits per heavy atom. The molecule has 4 nitrogen and oxygen atoms in total. The van der Waals surface area contributed by atoms with E-state index in [1.807, 2.05) is 4.57 Å². The minimum absolute atomic E-state index is 0.156. The molecule has 2 aliphatic rings. The number of nitrogens with zero attached hydrogens (tertiary/aromatic N) is 3. The average Bonchev–Trinajstić information content (AvgIpc) is 3.32. The molecular formula is C25H29N3OS. The molecule has 156 valence electrons. The van der Waals surface area contributed by atoms with Crippen molar-refractivity contribution < 1.29 is 0 Å². The summed E-state index contributed by atoms with van der Waals surface area (Å²) in [6, 6.07) is 9.26. The van der Waals surface area contributed by atoms with E-state index < -0.39 is 0 Å². The Balaban J connectivity index is 1.47. The van der Waals surface area contributed by atoms with Crippen LogP contribution in [0.25, 0.3) is 10.2 Å². The van der Waals surface area contributed by atoms with Crippen LogP contribution in [-0.4, -0.2) is 33.6 Å². The van der Waals surface area contributed by atoms with Crippen molar-refractivity contribution in [3.05, 3.63) is 74.7 Å². The van der Waals surface area contributed by atoms with Gasteiger partial charge >= 0.3 is 0 Å². The molecule has 3 aromatic rings. The highest BCUT2D eigenvalue weighted by atomic mass is 32.1. The Morgan fingerprint density at radius 1 is 1.27 bits per heavy atom. The average molecular weight is 420 g/mol. The first-order chi connectivity index (χ1) is 14.5. The van der Waals surface area contributed by atoms with Crippen molar-refractivity contribution in [2.45, 2.75) is 58.0 Å². The van der Waals surface area contributed by atoms with Gasteiger partial charge in [-0.1, -0.05) is 43.3 Å². The number of fused-ring (bicyclic) bond motifs is 4. The van der Waals surface area contributed by atoms with Crippen LogP contribution in [-0.2, 0) is 25.7 Å². The smallest absolute Gasteiger partial charge is 0.262 e. The molecule has 30 heavy (non-hydrogen) atoms. The SMILES string of the molecule is C=C(C)CN(CC)[C@H]1CCc2c(sc3ncn(C4Cc5ccccc5C4)c(=O)c23)C1. The molecule has 5 heteroatoms. The van der Waals surface area contributed by atoms with Gasteiger partial charge in [-0.3, -0.25) is 14.3 Å². The van der Waals surface area contributed by atoms with Crippen molar-refractivity contribution in [2.75, 3.05) is 13.1 Å². The van der Waals surface area contributed by atoms with Crippen LogP contribution in [0, 0.1) is 0 Å². The zero-order valence-electron chi connectivity index (χ0n) is 17.9. The second-order valence-electron chi connectivity index (χ2n) is 8.89. The van der Waals surface area contributed by atoms with Crippen LogP contribution < -0.4 is 5.56 Å². The molecule has 0 N–H and O–H groups in total. The van der Waals surface area contributed by atoms with Crippen LogP contribution in [0.4, 0.5) is 0 Å². The topological polar surface area (TPSA) is 38.1 Å². The van der Waals surface area contributed by atoms with Gasteiger partial charge in [0.25, 0.3) is 5.56 Å². The Kier molecular flexibility index (Phi) is 5.11. The maximum Gasteiger partial charge on any atom is 0.262 e. The third kappa shape index (κ3) is 3.34. The third-order valence-corrected chi connectivity index (χ3v) is 7.95. The summed E-state index contributed by atoms with van der Waals surface area (Å²) in [7, 11) is 0. The number of benzene rings is 1. The molecule has 2 heterocycles. The molecule has 0 saturated heterocycles. The van der Waals surface area contributed by atoms with Crippen LogP contribution in [0.3, 0.4) is 0 Å². The van der Waals surface area contributed by atoms with E-state index in [4.69, 9.17) is 4.98 Å². The zero-order chi connectivity index (χ0) is 20.8. The summed E-state index contributed by atoms with van der Waals surface area (Å²) in [5.41, 5.74) is 5.35. The second-order valence-corrected chi connectivity index (χ2v) is 9.97. The fourth-order valence-electron chi connectivity index (χ4n) is 5.31. The van der Waals surface area contributed by atoms with Gasteiger partial charge in [-0.05, 0) is 62.3 Å². The highest BCUT2D eigenvalue weighted by molar-refractivity contribution is 7.18. The predicted octanol–water partition coefficient (Wildman–Crippen LogP) is 4.55. The highest BCUT2D eigenvalue weighted by Crippen LogP contribution is 2.36. The lowest BCUT2D eigenvalue weighted by atomic mass is 9.91. The van der Waals surface area contributed by atoms with Crippen molar-refractivity contribution in [2.24, 2.45) is 0 Å². The molecule has 0 amide bonds. The number of aromatic nitrogens is 2. The van der Waals surface area contributed by atoms with Crippen molar-refractivity contribution in [1.29, 1.82) is 0 Å². The molecular weight excluding hydrogens is 390 g/mol. The van der Waals surface area contributed by atoms with Gasteiger partial charge in [0.2, 0.25) is 0 Å². The predicted molar refractivity (Wildman–Crippen MR) is 125 cm³/mol. The lowest BCUT2D eigenvalue weighted by Crippen LogP contribution is -2.39. The van der Waals surface area contributed by atoms with Crippen LogP contribution in [0.15, 0.2) is 47.5 Å². The first-order valence-corrected chi connectivity index (χ1v) is 11.8. The van der Waals surface area contributed by atoms with E-state index in [9.17, 15) is 4.79 Å². The van der Waals surface area contributed by atoms with Gasteiger partial charge in [-0.15, -0.1) is 11.3 Å². The third-order valence-electron chi connectivity index (χ3n) is 6.79. The maximum absolute atomic E-state index is 13.5. The molecule has 0 fully saturated rings. The van der Waals surface area contributed by atoms with Gasteiger partial charge in [-0.25, -0.2) is 4.98 Å². The Labute approximate surface area is 181 Å². The summed E-state index contributed by atoms with van der Waals surface area (Å²) in [6.45, 7) is 10.4. The monoisotopic (exact) mass is 419 g/mol. The second kappa shape index (κ2) is 7.78. The normalized spacial score (nSPS) is 18.7. The fraction of sp³-hybridized carbons (Fsp3) is 0.440. The van der Waals surface area contributed by atoms with Gasteiger partial charge in [-0.2, -0.15) is 0 Å². The summed E-state index contributed by atoms with van der Waals surface area (Å²) >= 11 is 1.73. The van der Waals surface area contributed by atoms with Crippen molar-refractivity contribution in [3.63, 3.8) is 0 Å². The van der Waals surface area contributed by atoms with Crippen LogP contribution >= 0.6 is 11.3 Å². The maximum atomic E-state index is 13.5. The molecule has 0 unspecified atom stereocenters. The zero-order valence-corrected chi connectivity index (χ0v) is 18.7. The summed E-state index contributed by atoms with van der Waals surface area (Å²) in [5.74, 6) is 0. The van der Waals surface area contributed by atoms with E-state index in [0.29, 0.717) is 6.04 Å². The van der Waals surface area contributed by atoms with Crippen LogP contribution in [0.5, 0.6) is 0 Å². The standard InChI is InChI=1S/C25H29N3OS/c1-4-27(14-16(2)3)19-9-10-21-22(13-19)30-24-23(21)25(29)28(15-26-24)20-11-17-7-5-6-8-18(17)12-20/h5-8,15,19-20H,2,4,9-14H2,1,3H3/t19-/m0/s1. The summed E-state index contributed by atoms with van der Waals surface area (Å²) < 4.78 is 1.90. The molecule has 5 rings (SSSR count). The summed E-state index contributed by atoms with van der Waals surface area (Å²) in [5, 5.41) is 0.884. The number of rotatable bonds is 5. The summed E-state index contributed by atoms with van der Waals surface area (Å²) in [4.78, 5) is 23.1. The van der Waals surface area contributed by atoms with Crippen molar-refractivity contribution >= 4 is 21.6 Å². The Hall–Kier alpha value is -2.24. The molecule has 0 saturated carbocycles.